The quantitative estimate of drug-likeness (QED) is 0.204. The van der Waals surface area contributed by atoms with Crippen molar-refractivity contribution in [2.45, 2.75) is 30.2 Å². The number of rotatable bonds is 9. The zero-order valence-corrected chi connectivity index (χ0v) is 22.5. The van der Waals surface area contributed by atoms with E-state index in [-0.39, 0.29) is 35.9 Å². The number of H-pyrrole nitrogens is 1. The molecular weight excluding hydrogens is 522 g/mol. The Morgan fingerprint density at radius 3 is 2.17 bits per heavy atom. The highest BCUT2D eigenvalue weighted by Crippen LogP contribution is 2.42. The molecule has 210 valence electrons. The lowest BCUT2D eigenvalue weighted by Gasteiger charge is -2.38. The number of anilines is 1. The minimum absolute atomic E-state index is 0.231. The molecule has 3 aromatic carbocycles. The first-order valence-corrected chi connectivity index (χ1v) is 13.4. The van der Waals surface area contributed by atoms with Gasteiger partial charge in [0.25, 0.3) is 5.56 Å². The van der Waals surface area contributed by atoms with Crippen LogP contribution in [-0.4, -0.2) is 55.7 Å². The third-order valence-corrected chi connectivity index (χ3v) is 7.83. The second-order valence-electron chi connectivity index (χ2n) is 10.2. The van der Waals surface area contributed by atoms with E-state index in [0.29, 0.717) is 18.6 Å². The van der Waals surface area contributed by atoms with Crippen LogP contribution in [0.3, 0.4) is 0 Å². The fraction of sp³-hybridized carbons (Fsp3) is 0.258. The minimum Gasteiger partial charge on any atom is -0.497 e. The molecule has 2 aromatic heterocycles. The molecule has 0 saturated carbocycles. The van der Waals surface area contributed by atoms with Gasteiger partial charge in [0.2, 0.25) is 5.95 Å². The van der Waals surface area contributed by atoms with Gasteiger partial charge in [-0.2, -0.15) is 4.98 Å². The maximum Gasteiger partial charge on any atom is 0.283 e. The third-order valence-electron chi connectivity index (χ3n) is 7.83. The Bertz CT molecular complexity index is 1640. The molecule has 1 aliphatic rings. The fourth-order valence-electron chi connectivity index (χ4n) is 5.61. The van der Waals surface area contributed by atoms with Gasteiger partial charge in [0, 0.05) is 0 Å². The summed E-state index contributed by atoms with van der Waals surface area (Å²) in [5.41, 5.74) is 0.645. The van der Waals surface area contributed by atoms with Crippen LogP contribution in [0.25, 0.3) is 11.2 Å². The summed E-state index contributed by atoms with van der Waals surface area (Å²) in [6, 6.07) is 27.6. The molecule has 0 aliphatic carbocycles. The van der Waals surface area contributed by atoms with Crippen molar-refractivity contribution < 1.29 is 19.7 Å². The molecule has 1 atom stereocenters. The van der Waals surface area contributed by atoms with Crippen molar-refractivity contribution in [2.75, 3.05) is 25.6 Å². The highest BCUT2D eigenvalue weighted by Gasteiger charge is 2.43. The summed E-state index contributed by atoms with van der Waals surface area (Å²) < 4.78 is 13.1. The molecule has 3 heterocycles. The average Bonchev–Trinajstić information content (AvgIpc) is 3.69. The molecule has 0 amide bonds. The third kappa shape index (κ3) is 4.55. The molecule has 1 fully saturated rings. The van der Waals surface area contributed by atoms with Crippen molar-refractivity contribution in [1.82, 2.24) is 19.5 Å². The molecule has 1 aliphatic heterocycles. The van der Waals surface area contributed by atoms with Crippen LogP contribution in [0.4, 0.5) is 5.95 Å². The molecule has 0 bridgehead atoms. The number of hydrogen-bond donors (Lipinski definition) is 4. The fourth-order valence-corrected chi connectivity index (χ4v) is 5.61. The average molecular weight is 554 g/mol. The van der Waals surface area contributed by atoms with Gasteiger partial charge in [0.05, 0.1) is 26.7 Å². The van der Waals surface area contributed by atoms with Crippen LogP contribution in [0, 0.1) is 0 Å². The number of imidazole rings is 1. The number of methoxy groups -OCH3 is 1. The van der Waals surface area contributed by atoms with Crippen molar-refractivity contribution in [3.05, 3.63) is 118 Å². The molecule has 5 aromatic rings. The number of aromatic nitrogens is 4. The van der Waals surface area contributed by atoms with Gasteiger partial charge >= 0.3 is 0 Å². The van der Waals surface area contributed by atoms with Gasteiger partial charge in [0.15, 0.2) is 11.2 Å². The van der Waals surface area contributed by atoms with Crippen LogP contribution in [-0.2, 0) is 10.3 Å². The number of aliphatic hydroxyl groups excluding tert-OH is 2. The second-order valence-corrected chi connectivity index (χ2v) is 10.2. The van der Waals surface area contributed by atoms with Crippen molar-refractivity contribution >= 4 is 17.1 Å². The lowest BCUT2D eigenvalue weighted by molar-refractivity contribution is -0.121. The molecule has 4 N–H and O–H groups in total. The number of hydrogen-bond acceptors (Lipinski definition) is 8. The van der Waals surface area contributed by atoms with Crippen molar-refractivity contribution in [2.24, 2.45) is 0 Å². The van der Waals surface area contributed by atoms with E-state index < -0.39 is 17.4 Å². The van der Waals surface area contributed by atoms with Crippen LogP contribution in [0.1, 0.15) is 35.8 Å². The molecule has 0 spiro atoms. The first-order chi connectivity index (χ1) is 20.0. The lowest BCUT2D eigenvalue weighted by Crippen LogP contribution is -2.42. The van der Waals surface area contributed by atoms with Crippen LogP contribution in [0.2, 0.25) is 0 Å². The van der Waals surface area contributed by atoms with E-state index in [1.54, 1.807) is 7.11 Å². The van der Waals surface area contributed by atoms with Crippen molar-refractivity contribution in [1.29, 1.82) is 0 Å². The van der Waals surface area contributed by atoms with E-state index in [4.69, 9.17) is 14.5 Å². The van der Waals surface area contributed by atoms with E-state index in [2.05, 4.69) is 15.3 Å². The molecule has 10 nitrogen and oxygen atoms in total. The maximum atomic E-state index is 14.0. The van der Waals surface area contributed by atoms with Crippen LogP contribution in [0.5, 0.6) is 5.75 Å². The smallest absolute Gasteiger partial charge is 0.283 e. The van der Waals surface area contributed by atoms with Crippen molar-refractivity contribution in [3.63, 3.8) is 0 Å². The summed E-state index contributed by atoms with van der Waals surface area (Å²) in [6.45, 7) is -0.748. The van der Waals surface area contributed by atoms with Gasteiger partial charge in [-0.05, 0) is 41.7 Å². The number of aromatic amines is 1. The van der Waals surface area contributed by atoms with Gasteiger partial charge in [-0.25, -0.2) is 9.55 Å². The predicted octanol–water partition coefficient (Wildman–Crippen LogP) is 3.56. The van der Waals surface area contributed by atoms with Gasteiger partial charge in [-0.15, -0.1) is 0 Å². The normalized spacial score (nSPS) is 16.6. The summed E-state index contributed by atoms with van der Waals surface area (Å²) in [7, 11) is 1.62. The summed E-state index contributed by atoms with van der Waals surface area (Å²) >= 11 is 0. The van der Waals surface area contributed by atoms with Gasteiger partial charge in [-0.1, -0.05) is 72.8 Å². The highest BCUT2D eigenvalue weighted by molar-refractivity contribution is 5.71. The second kappa shape index (κ2) is 10.8. The zero-order chi connectivity index (χ0) is 28.5. The summed E-state index contributed by atoms with van der Waals surface area (Å²) in [5.74, 6) is 0.940. The Morgan fingerprint density at radius 1 is 1.00 bits per heavy atom. The Hall–Kier alpha value is -4.51. The van der Waals surface area contributed by atoms with E-state index >= 15 is 0 Å². The summed E-state index contributed by atoms with van der Waals surface area (Å²) in [5, 5.41) is 23.7. The number of aliphatic hydroxyl groups is 2. The van der Waals surface area contributed by atoms with E-state index in [1.807, 2.05) is 84.9 Å². The Morgan fingerprint density at radius 2 is 1.61 bits per heavy atom. The SMILES string of the molecule is COc1ccc(C(Nc2nc3nc[nH]c3c(=O)n2C2CCC(CO)(CO)O2)(c2ccccc2)c2ccccc2)cc1. The maximum absolute atomic E-state index is 14.0. The number of benzene rings is 3. The molecule has 41 heavy (non-hydrogen) atoms. The minimum atomic E-state index is -1.16. The first-order valence-electron chi connectivity index (χ1n) is 13.4. The van der Waals surface area contributed by atoms with Crippen molar-refractivity contribution in [3.8, 4) is 5.75 Å². The predicted molar refractivity (Wildman–Crippen MR) is 154 cm³/mol. The molecule has 10 heteroatoms. The monoisotopic (exact) mass is 553 g/mol. The van der Waals surface area contributed by atoms with Crippen LogP contribution >= 0.6 is 0 Å². The Kier molecular flexibility index (Phi) is 7.04. The number of ether oxygens (including phenoxy) is 2. The Labute approximate surface area is 236 Å². The van der Waals surface area contributed by atoms with E-state index in [0.717, 1.165) is 16.7 Å². The number of nitrogens with one attached hydrogen (secondary N) is 2. The molecular formula is C31H31N5O5. The number of fused-ring (bicyclic) bond motifs is 1. The molecule has 1 unspecified atom stereocenters. The summed E-state index contributed by atoms with van der Waals surface area (Å²) in [4.78, 5) is 25.9. The Balaban J connectivity index is 1.62. The zero-order valence-electron chi connectivity index (χ0n) is 22.5. The topological polar surface area (TPSA) is 135 Å². The van der Waals surface area contributed by atoms with Gasteiger partial charge < -0.3 is 30.0 Å². The molecule has 0 radical (unpaired) electrons. The largest absolute Gasteiger partial charge is 0.497 e. The summed E-state index contributed by atoms with van der Waals surface area (Å²) in [6.07, 6.45) is 1.41. The highest BCUT2D eigenvalue weighted by atomic mass is 16.6. The van der Waals surface area contributed by atoms with Gasteiger partial charge in [0.1, 0.15) is 23.1 Å². The van der Waals surface area contributed by atoms with E-state index in [1.165, 1.54) is 10.9 Å². The number of nitrogens with zero attached hydrogens (tertiary/aromatic N) is 3. The molecule has 1 saturated heterocycles. The van der Waals surface area contributed by atoms with E-state index in [9.17, 15) is 15.0 Å². The lowest BCUT2D eigenvalue weighted by atomic mass is 9.77. The first kappa shape index (κ1) is 26.7. The standard InChI is InChI=1S/C31H31N5O5/c1-40-24-14-12-23(13-15-24)31(21-8-4-2-5-9-21,22-10-6-3-7-11-22)35-29-34-27-26(32-20-33-27)28(39)36(29)25-16-17-30(18-37,19-38)41-25/h2-15,20,25,37-38H,16-19H2,1H3,(H,32,33)(H,34,35). The van der Waals surface area contributed by atoms with Crippen LogP contribution in [0.15, 0.2) is 96.1 Å². The molecule has 6 rings (SSSR count). The van der Waals surface area contributed by atoms with Crippen LogP contribution < -0.4 is 15.6 Å². The van der Waals surface area contributed by atoms with Gasteiger partial charge in [-0.3, -0.25) is 4.79 Å².